The van der Waals surface area contributed by atoms with E-state index in [1.165, 1.54) is 12.5 Å². The third-order valence-electron chi connectivity index (χ3n) is 4.26. The normalized spacial score (nSPS) is 14.5. The fraction of sp³-hybridized carbons (Fsp3) is 0.529. The van der Waals surface area contributed by atoms with Gasteiger partial charge in [-0.05, 0) is 6.42 Å². The van der Waals surface area contributed by atoms with Gasteiger partial charge in [0.1, 0.15) is 18.1 Å². The topological polar surface area (TPSA) is 263 Å². The molecule has 0 bridgehead atoms. The summed E-state index contributed by atoms with van der Waals surface area (Å²) in [4.78, 5) is 65.5. The highest BCUT2D eigenvalue weighted by atomic mass is 16.4. The number of carboxylic acid groups (broad SMARTS) is 1. The number of carbonyl (C=O) groups excluding carboxylic acids is 4. The van der Waals surface area contributed by atoms with Crippen molar-refractivity contribution in [1.29, 1.82) is 0 Å². The molecule has 0 saturated carbocycles. The van der Waals surface area contributed by atoms with E-state index in [4.69, 9.17) is 21.7 Å². The van der Waals surface area contributed by atoms with Crippen LogP contribution in [-0.4, -0.2) is 92.3 Å². The van der Waals surface area contributed by atoms with E-state index >= 15 is 0 Å². The molecule has 1 aromatic heterocycles. The molecule has 178 valence electrons. The van der Waals surface area contributed by atoms with E-state index in [1.807, 2.05) is 0 Å². The first-order valence-electron chi connectivity index (χ1n) is 9.45. The van der Waals surface area contributed by atoms with Gasteiger partial charge < -0.3 is 47.7 Å². The number of carbonyl (C=O) groups is 5. The number of nitrogens with two attached hydrogens (primary N) is 2. The van der Waals surface area contributed by atoms with Crippen LogP contribution >= 0.6 is 0 Å². The number of hydrogen-bond donors (Lipinski definition) is 9. The predicted octanol–water partition coefficient (Wildman–Crippen LogP) is -4.93. The van der Waals surface area contributed by atoms with Crippen LogP contribution in [0.3, 0.4) is 0 Å². The van der Waals surface area contributed by atoms with E-state index in [0.29, 0.717) is 5.69 Å². The van der Waals surface area contributed by atoms with Gasteiger partial charge in [0.2, 0.25) is 23.6 Å². The molecule has 0 radical (unpaired) electrons. The Hall–Kier alpha value is -3.56. The molecule has 11 N–H and O–H groups in total. The maximum absolute atomic E-state index is 12.6. The minimum absolute atomic E-state index is 0.0798. The van der Waals surface area contributed by atoms with Crippen LogP contribution in [-0.2, 0) is 30.4 Å². The third-order valence-corrected chi connectivity index (χ3v) is 4.26. The smallest absolute Gasteiger partial charge is 0.328 e. The second kappa shape index (κ2) is 13.0. The molecule has 0 aromatic carbocycles. The van der Waals surface area contributed by atoms with Crippen LogP contribution < -0.4 is 27.4 Å². The molecule has 0 aliphatic rings. The van der Waals surface area contributed by atoms with Crippen LogP contribution in [0.15, 0.2) is 12.5 Å². The average molecular weight is 457 g/mol. The zero-order valence-corrected chi connectivity index (χ0v) is 17.0. The van der Waals surface area contributed by atoms with Gasteiger partial charge in [0, 0.05) is 24.7 Å². The first kappa shape index (κ1) is 26.5. The summed E-state index contributed by atoms with van der Waals surface area (Å²) >= 11 is 0. The van der Waals surface area contributed by atoms with Gasteiger partial charge in [0.15, 0.2) is 0 Å². The highest BCUT2D eigenvalue weighted by Crippen LogP contribution is 2.02. The molecule has 0 aliphatic carbocycles. The number of rotatable bonds is 14. The van der Waals surface area contributed by atoms with Gasteiger partial charge in [-0.15, -0.1) is 0 Å². The molecule has 15 nitrogen and oxygen atoms in total. The molecule has 4 unspecified atom stereocenters. The van der Waals surface area contributed by atoms with Crippen LogP contribution in [0.1, 0.15) is 18.5 Å². The Morgan fingerprint density at radius 2 is 1.53 bits per heavy atom. The second-order valence-electron chi connectivity index (χ2n) is 6.78. The molecular formula is C17H27N7O8. The number of hydrogen-bond acceptors (Lipinski definition) is 9. The van der Waals surface area contributed by atoms with Crippen LogP contribution in [0, 0.1) is 0 Å². The molecule has 4 atom stereocenters. The van der Waals surface area contributed by atoms with Crippen LogP contribution in [0.5, 0.6) is 0 Å². The lowest BCUT2D eigenvalue weighted by molar-refractivity contribution is -0.143. The van der Waals surface area contributed by atoms with E-state index in [1.54, 1.807) is 0 Å². The Balaban J connectivity index is 2.87. The van der Waals surface area contributed by atoms with Crippen molar-refractivity contribution in [2.24, 2.45) is 11.5 Å². The van der Waals surface area contributed by atoms with Gasteiger partial charge >= 0.3 is 5.97 Å². The van der Waals surface area contributed by atoms with Gasteiger partial charge in [0.05, 0.1) is 25.6 Å². The molecule has 32 heavy (non-hydrogen) atoms. The molecule has 0 saturated heterocycles. The lowest BCUT2D eigenvalue weighted by atomic mass is 10.1. The number of aromatic nitrogens is 2. The number of carboxylic acids is 1. The fourth-order valence-electron chi connectivity index (χ4n) is 2.46. The number of aromatic amines is 1. The molecular weight excluding hydrogens is 430 g/mol. The number of H-pyrrole nitrogens is 1. The summed E-state index contributed by atoms with van der Waals surface area (Å²) in [7, 11) is 0. The van der Waals surface area contributed by atoms with Crippen molar-refractivity contribution in [2.45, 2.75) is 43.4 Å². The first-order valence-corrected chi connectivity index (χ1v) is 9.45. The summed E-state index contributed by atoms with van der Waals surface area (Å²) < 4.78 is 0. The van der Waals surface area contributed by atoms with E-state index < -0.39 is 67.0 Å². The number of imidazole rings is 1. The largest absolute Gasteiger partial charge is 0.480 e. The maximum Gasteiger partial charge on any atom is 0.328 e. The summed E-state index contributed by atoms with van der Waals surface area (Å²) in [6.07, 6.45) is 2.32. The molecule has 0 spiro atoms. The number of aliphatic carboxylic acids is 1. The summed E-state index contributed by atoms with van der Waals surface area (Å²) in [6.45, 7) is -1.72. The summed E-state index contributed by atoms with van der Waals surface area (Å²) in [5.74, 6) is -4.88. The number of nitrogens with zero attached hydrogens (tertiary/aromatic N) is 1. The van der Waals surface area contributed by atoms with Crippen molar-refractivity contribution >= 4 is 29.6 Å². The summed E-state index contributed by atoms with van der Waals surface area (Å²) in [5.41, 5.74) is 11.0. The minimum atomic E-state index is -1.61. The average Bonchev–Trinajstić information content (AvgIpc) is 3.25. The summed E-state index contributed by atoms with van der Waals surface area (Å²) in [5, 5.41) is 34.2. The van der Waals surface area contributed by atoms with E-state index in [2.05, 4.69) is 25.9 Å². The van der Waals surface area contributed by atoms with Crippen molar-refractivity contribution < 1.29 is 39.3 Å². The van der Waals surface area contributed by atoms with Crippen molar-refractivity contribution in [3.63, 3.8) is 0 Å². The van der Waals surface area contributed by atoms with Crippen LogP contribution in [0.25, 0.3) is 0 Å². The van der Waals surface area contributed by atoms with Crippen LogP contribution in [0.2, 0.25) is 0 Å². The maximum atomic E-state index is 12.6. The SMILES string of the molecule is NC(=O)CCC(N)C(=O)NC(CO)C(=O)NC(Cc1cnc[nH]1)C(=O)NC(CO)C(=O)O. The lowest BCUT2D eigenvalue weighted by Gasteiger charge is -2.23. The Bertz CT molecular complexity index is 801. The van der Waals surface area contributed by atoms with Gasteiger partial charge in [-0.2, -0.15) is 0 Å². The van der Waals surface area contributed by atoms with Crippen LogP contribution in [0.4, 0.5) is 0 Å². The monoisotopic (exact) mass is 457 g/mol. The fourth-order valence-corrected chi connectivity index (χ4v) is 2.46. The number of aliphatic hydroxyl groups is 2. The molecule has 0 aliphatic heterocycles. The van der Waals surface area contributed by atoms with Crippen molar-refractivity contribution in [3.05, 3.63) is 18.2 Å². The van der Waals surface area contributed by atoms with Gasteiger partial charge in [-0.25, -0.2) is 9.78 Å². The standard InChI is InChI=1S/C17H27N7O8/c18-9(1-2-13(19)27)14(28)23-11(5-25)16(30)22-10(3-8-4-20-7-21-8)15(29)24-12(6-26)17(31)32/h4,7,9-12,25-26H,1-3,5-6,18H2,(H2,19,27)(H,20,21)(H,22,30)(H,23,28)(H,24,29)(H,31,32). The van der Waals surface area contributed by atoms with Gasteiger partial charge in [0.25, 0.3) is 0 Å². The minimum Gasteiger partial charge on any atom is -0.480 e. The van der Waals surface area contributed by atoms with Crippen molar-refractivity contribution in [2.75, 3.05) is 13.2 Å². The highest BCUT2D eigenvalue weighted by Gasteiger charge is 2.30. The lowest BCUT2D eigenvalue weighted by Crippen LogP contribution is -2.58. The first-order chi connectivity index (χ1) is 15.1. The van der Waals surface area contributed by atoms with Gasteiger partial charge in [-0.3, -0.25) is 19.2 Å². The molecule has 0 fully saturated rings. The molecule has 1 aromatic rings. The number of aliphatic hydroxyl groups excluding tert-OH is 2. The van der Waals surface area contributed by atoms with Crippen molar-refractivity contribution in [3.8, 4) is 0 Å². The Labute approximate surface area is 181 Å². The quantitative estimate of drug-likeness (QED) is 0.128. The Morgan fingerprint density at radius 1 is 0.969 bits per heavy atom. The molecule has 1 rings (SSSR count). The zero-order chi connectivity index (χ0) is 24.3. The van der Waals surface area contributed by atoms with Gasteiger partial charge in [-0.1, -0.05) is 0 Å². The molecule has 4 amide bonds. The van der Waals surface area contributed by atoms with E-state index in [0.717, 1.165) is 0 Å². The van der Waals surface area contributed by atoms with E-state index in [9.17, 15) is 29.1 Å². The third kappa shape index (κ3) is 8.66. The zero-order valence-electron chi connectivity index (χ0n) is 17.0. The van der Waals surface area contributed by atoms with Crippen molar-refractivity contribution in [1.82, 2.24) is 25.9 Å². The Kier molecular flexibility index (Phi) is 10.7. The second-order valence-corrected chi connectivity index (χ2v) is 6.78. The Morgan fingerprint density at radius 3 is 2.03 bits per heavy atom. The molecule has 15 heteroatoms. The summed E-state index contributed by atoms with van der Waals surface area (Å²) in [6, 6.07) is -5.62. The predicted molar refractivity (Wildman–Crippen MR) is 106 cm³/mol. The number of nitrogens with one attached hydrogen (secondary N) is 4. The number of primary amides is 1. The number of amides is 4. The highest BCUT2D eigenvalue weighted by molar-refractivity contribution is 5.94. The molecule has 1 heterocycles. The van der Waals surface area contributed by atoms with E-state index in [-0.39, 0.29) is 19.3 Å².